The van der Waals surface area contributed by atoms with Crippen LogP contribution in [0, 0.1) is 11.6 Å². The highest BCUT2D eigenvalue weighted by Crippen LogP contribution is 2.27. The zero-order valence-electron chi connectivity index (χ0n) is 12.7. The number of carbonyl (C=O) groups excluding carboxylic acids is 1. The van der Waals surface area contributed by atoms with Crippen molar-refractivity contribution in [3.05, 3.63) is 65.2 Å². The first kappa shape index (κ1) is 15.5. The summed E-state index contributed by atoms with van der Waals surface area (Å²) in [6, 6.07) is 11.1. The first-order valence-corrected chi connectivity index (χ1v) is 7.70. The molecular formula is C18H18F2N2O. The minimum absolute atomic E-state index is 0.00835. The van der Waals surface area contributed by atoms with E-state index in [0.29, 0.717) is 6.54 Å². The molecule has 0 aromatic heterocycles. The number of fused-ring (bicyclic) bond motifs is 1. The van der Waals surface area contributed by atoms with E-state index in [4.69, 9.17) is 0 Å². The molecular weight excluding hydrogens is 298 g/mol. The van der Waals surface area contributed by atoms with E-state index in [1.807, 2.05) is 12.1 Å². The number of nitrogens with one attached hydrogen (secondary N) is 1. The quantitative estimate of drug-likeness (QED) is 0.860. The number of amides is 1. The molecule has 3 nitrogen and oxygen atoms in total. The lowest BCUT2D eigenvalue weighted by Crippen LogP contribution is -2.29. The molecule has 5 heteroatoms. The Labute approximate surface area is 133 Å². The average Bonchev–Trinajstić information content (AvgIpc) is 2.94. The lowest BCUT2D eigenvalue weighted by molar-refractivity contribution is 0.0952. The van der Waals surface area contributed by atoms with Crippen molar-refractivity contribution in [2.24, 2.45) is 0 Å². The SMILES string of the molecule is O=C(NCCCN1CCc2ccccc21)c1cc(F)cc(F)c1. The molecule has 1 aliphatic rings. The van der Waals surface area contributed by atoms with Crippen LogP contribution in [0.4, 0.5) is 14.5 Å². The number of hydrogen-bond donors (Lipinski definition) is 1. The number of benzene rings is 2. The fourth-order valence-corrected chi connectivity index (χ4v) is 2.90. The first-order valence-electron chi connectivity index (χ1n) is 7.70. The minimum Gasteiger partial charge on any atom is -0.371 e. The highest BCUT2D eigenvalue weighted by molar-refractivity contribution is 5.94. The maximum absolute atomic E-state index is 13.1. The fraction of sp³-hybridized carbons (Fsp3) is 0.278. The molecule has 1 heterocycles. The molecule has 0 radical (unpaired) electrons. The van der Waals surface area contributed by atoms with Crippen molar-refractivity contribution in [2.75, 3.05) is 24.5 Å². The zero-order chi connectivity index (χ0) is 16.2. The zero-order valence-corrected chi connectivity index (χ0v) is 12.7. The highest BCUT2D eigenvalue weighted by atomic mass is 19.1. The molecule has 2 aromatic carbocycles. The van der Waals surface area contributed by atoms with Crippen LogP contribution in [0.25, 0.3) is 0 Å². The Morgan fingerprint density at radius 2 is 1.87 bits per heavy atom. The van der Waals surface area contributed by atoms with Gasteiger partial charge in [-0.25, -0.2) is 8.78 Å². The number of rotatable bonds is 5. The maximum atomic E-state index is 13.1. The van der Waals surface area contributed by atoms with Gasteiger partial charge in [0.05, 0.1) is 0 Å². The number of anilines is 1. The van der Waals surface area contributed by atoms with Crippen molar-refractivity contribution in [3.63, 3.8) is 0 Å². The van der Waals surface area contributed by atoms with Crippen molar-refractivity contribution in [2.45, 2.75) is 12.8 Å². The van der Waals surface area contributed by atoms with E-state index in [0.717, 1.165) is 44.1 Å². The molecule has 0 unspecified atom stereocenters. The van der Waals surface area contributed by atoms with Crippen LogP contribution in [-0.4, -0.2) is 25.5 Å². The third-order valence-electron chi connectivity index (χ3n) is 4.00. The molecule has 0 aliphatic carbocycles. The van der Waals surface area contributed by atoms with Gasteiger partial charge in [-0.05, 0) is 36.6 Å². The summed E-state index contributed by atoms with van der Waals surface area (Å²) in [5.74, 6) is -1.95. The van der Waals surface area contributed by atoms with Crippen LogP contribution >= 0.6 is 0 Å². The van der Waals surface area contributed by atoms with Crippen LogP contribution in [0.5, 0.6) is 0 Å². The molecule has 0 bridgehead atoms. The van der Waals surface area contributed by atoms with Gasteiger partial charge in [0, 0.05) is 37.0 Å². The average molecular weight is 316 g/mol. The van der Waals surface area contributed by atoms with Crippen LogP contribution in [-0.2, 0) is 6.42 Å². The summed E-state index contributed by atoms with van der Waals surface area (Å²) in [5.41, 5.74) is 2.62. The van der Waals surface area contributed by atoms with Gasteiger partial charge in [0.2, 0.25) is 0 Å². The summed E-state index contributed by atoms with van der Waals surface area (Å²) in [7, 11) is 0. The van der Waals surface area contributed by atoms with Gasteiger partial charge in [0.1, 0.15) is 11.6 Å². The Morgan fingerprint density at radius 1 is 1.13 bits per heavy atom. The molecule has 0 saturated heterocycles. The molecule has 0 fully saturated rings. The smallest absolute Gasteiger partial charge is 0.251 e. The van der Waals surface area contributed by atoms with E-state index in [1.54, 1.807) is 0 Å². The Balaban J connectivity index is 1.48. The van der Waals surface area contributed by atoms with Crippen LogP contribution in [0.1, 0.15) is 22.3 Å². The van der Waals surface area contributed by atoms with Gasteiger partial charge in [-0.15, -0.1) is 0 Å². The third kappa shape index (κ3) is 3.67. The molecule has 2 aromatic rings. The third-order valence-corrected chi connectivity index (χ3v) is 4.00. The molecule has 1 N–H and O–H groups in total. The van der Waals surface area contributed by atoms with E-state index >= 15 is 0 Å². The van der Waals surface area contributed by atoms with Crippen LogP contribution in [0.15, 0.2) is 42.5 Å². The monoisotopic (exact) mass is 316 g/mol. The van der Waals surface area contributed by atoms with Gasteiger partial charge in [-0.2, -0.15) is 0 Å². The van der Waals surface area contributed by atoms with Crippen molar-refractivity contribution in [3.8, 4) is 0 Å². The molecule has 1 aliphatic heterocycles. The molecule has 0 atom stereocenters. The van der Waals surface area contributed by atoms with Gasteiger partial charge in [0.25, 0.3) is 5.91 Å². The molecule has 3 rings (SSSR count). The van der Waals surface area contributed by atoms with E-state index in [2.05, 4.69) is 22.3 Å². The highest BCUT2D eigenvalue weighted by Gasteiger charge is 2.17. The summed E-state index contributed by atoms with van der Waals surface area (Å²) < 4.78 is 26.2. The Bertz CT molecular complexity index is 698. The Kier molecular flexibility index (Phi) is 4.55. The largest absolute Gasteiger partial charge is 0.371 e. The second kappa shape index (κ2) is 6.77. The number of carbonyl (C=O) groups is 1. The standard InChI is InChI=1S/C18H18F2N2O/c19-15-10-14(11-16(20)12-15)18(23)21-7-3-8-22-9-6-13-4-1-2-5-17(13)22/h1-2,4-5,10-12H,3,6-9H2,(H,21,23). The predicted octanol–water partition coefficient (Wildman–Crippen LogP) is 3.15. The molecule has 120 valence electrons. The van der Waals surface area contributed by atoms with E-state index in [1.165, 1.54) is 11.3 Å². The maximum Gasteiger partial charge on any atom is 0.251 e. The second-order valence-electron chi connectivity index (χ2n) is 5.63. The lowest BCUT2D eigenvalue weighted by atomic mass is 10.2. The predicted molar refractivity (Wildman–Crippen MR) is 85.7 cm³/mol. The van der Waals surface area contributed by atoms with Gasteiger partial charge in [0.15, 0.2) is 0 Å². The van der Waals surface area contributed by atoms with E-state index in [-0.39, 0.29) is 5.56 Å². The first-order chi connectivity index (χ1) is 11.1. The molecule has 0 spiro atoms. The van der Waals surface area contributed by atoms with Crippen molar-refractivity contribution < 1.29 is 13.6 Å². The van der Waals surface area contributed by atoms with Crippen LogP contribution in [0.2, 0.25) is 0 Å². The number of halogens is 2. The number of para-hydroxylation sites is 1. The summed E-state index contributed by atoms with van der Waals surface area (Å²) in [4.78, 5) is 14.2. The topological polar surface area (TPSA) is 32.3 Å². The Morgan fingerprint density at radius 3 is 2.65 bits per heavy atom. The second-order valence-corrected chi connectivity index (χ2v) is 5.63. The molecule has 23 heavy (non-hydrogen) atoms. The summed E-state index contributed by atoms with van der Waals surface area (Å²) in [6.07, 6.45) is 1.82. The minimum atomic E-state index is -0.746. The molecule has 1 amide bonds. The number of hydrogen-bond acceptors (Lipinski definition) is 2. The van der Waals surface area contributed by atoms with Crippen LogP contribution in [0.3, 0.4) is 0 Å². The number of nitrogens with zero attached hydrogens (tertiary/aromatic N) is 1. The van der Waals surface area contributed by atoms with Gasteiger partial charge < -0.3 is 10.2 Å². The van der Waals surface area contributed by atoms with Gasteiger partial charge >= 0.3 is 0 Å². The van der Waals surface area contributed by atoms with E-state index in [9.17, 15) is 13.6 Å². The summed E-state index contributed by atoms with van der Waals surface area (Å²) in [5, 5.41) is 2.70. The van der Waals surface area contributed by atoms with Crippen molar-refractivity contribution in [1.29, 1.82) is 0 Å². The van der Waals surface area contributed by atoms with E-state index < -0.39 is 17.5 Å². The normalized spacial score (nSPS) is 13.0. The van der Waals surface area contributed by atoms with Crippen molar-refractivity contribution >= 4 is 11.6 Å². The molecule has 0 saturated carbocycles. The van der Waals surface area contributed by atoms with Gasteiger partial charge in [-0.3, -0.25) is 4.79 Å². The van der Waals surface area contributed by atoms with Crippen molar-refractivity contribution in [1.82, 2.24) is 5.32 Å². The lowest BCUT2D eigenvalue weighted by Gasteiger charge is -2.19. The summed E-state index contributed by atoms with van der Waals surface area (Å²) >= 11 is 0. The Hall–Kier alpha value is -2.43. The summed E-state index contributed by atoms with van der Waals surface area (Å²) in [6.45, 7) is 2.30. The fourth-order valence-electron chi connectivity index (χ4n) is 2.90. The van der Waals surface area contributed by atoms with Gasteiger partial charge in [-0.1, -0.05) is 18.2 Å². The van der Waals surface area contributed by atoms with Crippen LogP contribution < -0.4 is 10.2 Å².